The summed E-state index contributed by atoms with van der Waals surface area (Å²) in [5, 5.41) is 4.22. The topological polar surface area (TPSA) is 75.5 Å². The molecule has 0 radical (unpaired) electrons. The number of aryl methyl sites for hydroxylation is 2. The maximum absolute atomic E-state index is 12.8. The van der Waals surface area contributed by atoms with Crippen LogP contribution in [0.3, 0.4) is 0 Å². The second kappa shape index (κ2) is 6.98. The Morgan fingerprint density at radius 2 is 2.00 bits per heavy atom. The van der Waals surface area contributed by atoms with E-state index < -0.39 is 0 Å². The fraction of sp³-hybridized carbons (Fsp3) is 0.667. The van der Waals surface area contributed by atoms with Crippen LogP contribution in [-0.4, -0.2) is 57.1 Å². The van der Waals surface area contributed by atoms with E-state index in [4.69, 9.17) is 0 Å². The third-order valence-corrected chi connectivity index (χ3v) is 5.33. The van der Waals surface area contributed by atoms with Gasteiger partial charge in [0.05, 0.1) is 11.6 Å². The van der Waals surface area contributed by atoms with Crippen LogP contribution >= 0.6 is 0 Å². The SMILES string of the molecule is CCCN1C(=O)[C@@H]2CC[C@H]1CN(C(=O)Cn1nc(C)c(C)cc1=O)C2. The lowest BCUT2D eigenvalue weighted by molar-refractivity contribution is -0.139. The molecule has 7 nitrogen and oxygen atoms in total. The zero-order valence-electron chi connectivity index (χ0n) is 15.2. The molecule has 2 atom stereocenters. The van der Waals surface area contributed by atoms with Gasteiger partial charge in [-0.15, -0.1) is 0 Å². The third kappa shape index (κ3) is 3.45. The van der Waals surface area contributed by atoms with Crippen LogP contribution in [0.2, 0.25) is 0 Å². The van der Waals surface area contributed by atoms with E-state index in [1.165, 1.54) is 10.7 Å². The number of piperidine rings is 1. The fourth-order valence-electron chi connectivity index (χ4n) is 3.79. The molecule has 3 saturated heterocycles. The highest BCUT2D eigenvalue weighted by molar-refractivity contribution is 5.83. The number of rotatable bonds is 4. The Hall–Kier alpha value is -2.18. The average molecular weight is 346 g/mol. The van der Waals surface area contributed by atoms with Gasteiger partial charge < -0.3 is 9.80 Å². The van der Waals surface area contributed by atoms with E-state index in [9.17, 15) is 14.4 Å². The Kier molecular flexibility index (Phi) is 4.92. The summed E-state index contributed by atoms with van der Waals surface area (Å²) in [5.74, 6) is -0.0746. The Morgan fingerprint density at radius 1 is 1.24 bits per heavy atom. The summed E-state index contributed by atoms with van der Waals surface area (Å²) >= 11 is 0. The maximum atomic E-state index is 12.8. The van der Waals surface area contributed by atoms with E-state index in [1.54, 1.807) is 4.90 Å². The van der Waals surface area contributed by atoms with Gasteiger partial charge in [0.15, 0.2) is 0 Å². The van der Waals surface area contributed by atoms with Gasteiger partial charge >= 0.3 is 0 Å². The number of amides is 2. The van der Waals surface area contributed by atoms with Gasteiger partial charge in [-0.25, -0.2) is 4.68 Å². The van der Waals surface area contributed by atoms with Crippen LogP contribution in [-0.2, 0) is 16.1 Å². The second-order valence-corrected chi connectivity index (χ2v) is 7.17. The zero-order valence-corrected chi connectivity index (χ0v) is 15.2. The molecule has 4 heterocycles. The van der Waals surface area contributed by atoms with Crippen LogP contribution in [0.1, 0.15) is 37.4 Å². The molecular formula is C18H26N4O3. The van der Waals surface area contributed by atoms with Crippen molar-refractivity contribution in [2.75, 3.05) is 19.6 Å². The van der Waals surface area contributed by atoms with Crippen LogP contribution < -0.4 is 5.56 Å². The second-order valence-electron chi connectivity index (χ2n) is 7.17. The molecule has 0 aromatic carbocycles. The number of carbonyl (C=O) groups is 2. The first kappa shape index (κ1) is 17.6. The standard InChI is InChI=1S/C18H26N4O3/c1-4-7-21-15-6-5-14(18(21)25)9-20(10-15)17(24)11-22-16(23)8-12(2)13(3)19-22/h8,14-15H,4-7,9-11H2,1-3H3/t14-,15+/m1/s1. The van der Waals surface area contributed by atoms with Crippen molar-refractivity contribution >= 4 is 11.8 Å². The molecule has 1 aromatic heterocycles. The van der Waals surface area contributed by atoms with Crippen molar-refractivity contribution in [2.45, 2.75) is 52.6 Å². The van der Waals surface area contributed by atoms with E-state index in [0.717, 1.165) is 37.1 Å². The van der Waals surface area contributed by atoms with Gasteiger partial charge in [-0.3, -0.25) is 14.4 Å². The van der Waals surface area contributed by atoms with Gasteiger partial charge in [-0.1, -0.05) is 6.92 Å². The molecule has 3 fully saturated rings. The predicted octanol–water partition coefficient (Wildman–Crippen LogP) is 0.720. The molecule has 3 aliphatic rings. The smallest absolute Gasteiger partial charge is 0.267 e. The van der Waals surface area contributed by atoms with E-state index in [1.807, 2.05) is 18.7 Å². The lowest BCUT2D eigenvalue weighted by Gasteiger charge is -2.35. The van der Waals surface area contributed by atoms with E-state index >= 15 is 0 Å². The Labute approximate surface area is 147 Å². The van der Waals surface area contributed by atoms with Crippen LogP contribution in [0, 0.1) is 19.8 Å². The first-order chi connectivity index (χ1) is 11.9. The van der Waals surface area contributed by atoms with E-state index in [0.29, 0.717) is 13.1 Å². The minimum Gasteiger partial charge on any atom is -0.338 e. The molecule has 7 heteroatoms. The predicted molar refractivity (Wildman–Crippen MR) is 93.1 cm³/mol. The quantitative estimate of drug-likeness (QED) is 0.805. The largest absolute Gasteiger partial charge is 0.338 e. The summed E-state index contributed by atoms with van der Waals surface area (Å²) in [7, 11) is 0. The molecule has 4 rings (SSSR count). The van der Waals surface area contributed by atoms with Gasteiger partial charge in [0.25, 0.3) is 5.56 Å². The molecular weight excluding hydrogens is 320 g/mol. The molecule has 136 valence electrons. The molecule has 1 aromatic rings. The van der Waals surface area contributed by atoms with Gasteiger partial charge in [0, 0.05) is 31.7 Å². The number of carbonyl (C=O) groups excluding carboxylic acids is 2. The molecule has 0 saturated carbocycles. The average Bonchev–Trinajstić information content (AvgIpc) is 2.86. The van der Waals surface area contributed by atoms with Crippen molar-refractivity contribution in [3.8, 4) is 0 Å². The number of aromatic nitrogens is 2. The lowest BCUT2D eigenvalue weighted by Crippen LogP contribution is -2.48. The Balaban J connectivity index is 1.76. The van der Waals surface area contributed by atoms with Crippen molar-refractivity contribution in [1.29, 1.82) is 0 Å². The molecule has 0 N–H and O–H groups in total. The molecule has 2 bridgehead atoms. The first-order valence-corrected chi connectivity index (χ1v) is 9.04. The molecule has 0 spiro atoms. The van der Waals surface area contributed by atoms with Crippen LogP contribution in [0.25, 0.3) is 0 Å². The molecule has 3 aliphatic heterocycles. The molecule has 25 heavy (non-hydrogen) atoms. The number of fused-ring (bicyclic) bond motifs is 4. The van der Waals surface area contributed by atoms with E-state index in [2.05, 4.69) is 12.0 Å². The van der Waals surface area contributed by atoms with Crippen LogP contribution in [0.4, 0.5) is 0 Å². The summed E-state index contributed by atoms with van der Waals surface area (Å²) in [6.07, 6.45) is 2.71. The first-order valence-electron chi connectivity index (χ1n) is 9.04. The Bertz CT molecular complexity index is 742. The van der Waals surface area contributed by atoms with Gasteiger partial charge in [-0.05, 0) is 38.7 Å². The van der Waals surface area contributed by atoms with Crippen molar-refractivity contribution < 1.29 is 9.59 Å². The summed E-state index contributed by atoms with van der Waals surface area (Å²) in [6, 6.07) is 1.61. The highest BCUT2D eigenvalue weighted by atomic mass is 16.2. The highest BCUT2D eigenvalue weighted by Crippen LogP contribution is 2.29. The van der Waals surface area contributed by atoms with Crippen molar-refractivity contribution in [3.63, 3.8) is 0 Å². The third-order valence-electron chi connectivity index (χ3n) is 5.33. The van der Waals surface area contributed by atoms with Gasteiger partial charge in [0.2, 0.25) is 11.8 Å². The minimum absolute atomic E-state index is 0.0681. The van der Waals surface area contributed by atoms with Crippen molar-refractivity contribution in [3.05, 3.63) is 27.7 Å². The molecule has 0 unspecified atom stereocenters. The molecule has 2 amide bonds. The highest BCUT2D eigenvalue weighted by Gasteiger charge is 2.41. The van der Waals surface area contributed by atoms with Crippen LogP contribution in [0.15, 0.2) is 10.9 Å². The fourth-order valence-corrected chi connectivity index (χ4v) is 3.79. The zero-order chi connectivity index (χ0) is 18.1. The van der Waals surface area contributed by atoms with E-state index in [-0.39, 0.29) is 35.9 Å². The number of hydrogen-bond acceptors (Lipinski definition) is 4. The lowest BCUT2D eigenvalue weighted by atomic mass is 9.94. The summed E-state index contributed by atoms with van der Waals surface area (Å²) in [6.45, 7) is 7.41. The van der Waals surface area contributed by atoms with Crippen molar-refractivity contribution in [1.82, 2.24) is 19.6 Å². The normalized spacial score (nSPS) is 23.1. The minimum atomic E-state index is -0.266. The number of nitrogens with zero attached hydrogens (tertiary/aromatic N) is 4. The van der Waals surface area contributed by atoms with Gasteiger partial charge in [0.1, 0.15) is 6.54 Å². The summed E-state index contributed by atoms with van der Waals surface area (Å²) in [4.78, 5) is 41.1. The number of hydrogen-bond donors (Lipinski definition) is 0. The summed E-state index contributed by atoms with van der Waals surface area (Å²) < 4.78 is 1.23. The van der Waals surface area contributed by atoms with Gasteiger partial charge in [-0.2, -0.15) is 5.10 Å². The summed E-state index contributed by atoms with van der Waals surface area (Å²) in [5.41, 5.74) is 1.30. The molecule has 0 aliphatic carbocycles. The maximum Gasteiger partial charge on any atom is 0.267 e. The van der Waals surface area contributed by atoms with Crippen LogP contribution in [0.5, 0.6) is 0 Å². The monoisotopic (exact) mass is 346 g/mol. The van der Waals surface area contributed by atoms with Crippen molar-refractivity contribution in [2.24, 2.45) is 5.92 Å². The Morgan fingerprint density at radius 3 is 2.72 bits per heavy atom.